The highest BCUT2D eigenvalue weighted by Gasteiger charge is 2.20. The van der Waals surface area contributed by atoms with E-state index >= 15 is 0 Å². The lowest BCUT2D eigenvalue weighted by Gasteiger charge is -2.18. The number of ketones is 1. The number of amides is 1. The number of anilines is 1. The number of benzene rings is 2. The zero-order chi connectivity index (χ0) is 24.0. The number of aryl methyl sites for hydroxylation is 1. The Bertz CT molecular complexity index is 1150. The van der Waals surface area contributed by atoms with Crippen molar-refractivity contribution in [3.8, 4) is 5.75 Å². The number of hydrogen-bond donors (Lipinski definition) is 1. The quantitative estimate of drug-likeness (QED) is 0.254. The molecule has 0 saturated heterocycles. The lowest BCUT2D eigenvalue weighted by atomic mass is 10.1. The van der Waals surface area contributed by atoms with Crippen molar-refractivity contribution < 1.29 is 14.3 Å². The SMILES string of the molecule is C=CCn1c(SCC(=O)Nc2ccc(C(C)=O)cc2)nnc1C(C)Oc1cccc(C)c1C. The van der Waals surface area contributed by atoms with Crippen molar-refractivity contribution in [2.45, 2.75) is 45.5 Å². The first-order valence-corrected chi connectivity index (χ1v) is 11.6. The van der Waals surface area contributed by atoms with Crippen molar-refractivity contribution in [2.75, 3.05) is 11.1 Å². The zero-order valence-corrected chi connectivity index (χ0v) is 20.1. The number of nitrogens with one attached hydrogen (secondary N) is 1. The summed E-state index contributed by atoms with van der Waals surface area (Å²) in [4.78, 5) is 23.8. The molecule has 1 N–H and O–H groups in total. The average Bonchev–Trinajstić information content (AvgIpc) is 3.19. The van der Waals surface area contributed by atoms with Crippen LogP contribution in [0.15, 0.2) is 60.3 Å². The third-order valence-corrected chi connectivity index (χ3v) is 6.15. The summed E-state index contributed by atoms with van der Waals surface area (Å²) in [5, 5.41) is 12.0. The van der Waals surface area contributed by atoms with Gasteiger partial charge in [-0.1, -0.05) is 30.0 Å². The molecule has 1 atom stereocenters. The molecule has 0 spiro atoms. The Morgan fingerprint density at radius 1 is 1.18 bits per heavy atom. The fraction of sp³-hybridized carbons (Fsp3) is 0.280. The molecule has 3 rings (SSSR count). The lowest BCUT2D eigenvalue weighted by molar-refractivity contribution is -0.113. The lowest BCUT2D eigenvalue weighted by Crippen LogP contribution is -2.15. The number of carbonyl (C=O) groups is 2. The Kier molecular flexibility index (Phi) is 8.06. The molecule has 0 fully saturated rings. The normalized spacial score (nSPS) is 11.6. The van der Waals surface area contributed by atoms with E-state index in [0.29, 0.717) is 28.8 Å². The number of hydrogen-bond acceptors (Lipinski definition) is 6. The van der Waals surface area contributed by atoms with Crippen LogP contribution < -0.4 is 10.1 Å². The highest BCUT2D eigenvalue weighted by molar-refractivity contribution is 7.99. The van der Waals surface area contributed by atoms with Crippen LogP contribution in [0.1, 0.15) is 47.3 Å². The molecule has 1 heterocycles. The summed E-state index contributed by atoms with van der Waals surface area (Å²) < 4.78 is 8.08. The minimum atomic E-state index is -0.332. The number of nitrogens with zero attached hydrogens (tertiary/aromatic N) is 3. The van der Waals surface area contributed by atoms with Crippen molar-refractivity contribution in [3.63, 3.8) is 0 Å². The van der Waals surface area contributed by atoms with Crippen LogP contribution in [0.2, 0.25) is 0 Å². The maximum absolute atomic E-state index is 12.4. The monoisotopic (exact) mass is 464 g/mol. The number of thioether (sulfide) groups is 1. The number of Topliss-reactive ketones (excluding diaryl/α,β-unsaturated/α-hetero) is 1. The van der Waals surface area contributed by atoms with Crippen molar-refractivity contribution in [2.24, 2.45) is 0 Å². The summed E-state index contributed by atoms with van der Waals surface area (Å²) in [6, 6.07) is 12.8. The number of allylic oxidation sites excluding steroid dienone is 1. The van der Waals surface area contributed by atoms with Crippen LogP contribution >= 0.6 is 11.8 Å². The molecular formula is C25H28N4O3S. The summed E-state index contributed by atoms with van der Waals surface area (Å²) in [6.07, 6.45) is 1.43. The van der Waals surface area contributed by atoms with Crippen LogP contribution in [0.4, 0.5) is 5.69 Å². The van der Waals surface area contributed by atoms with E-state index in [4.69, 9.17) is 4.74 Å². The van der Waals surface area contributed by atoms with E-state index in [1.165, 1.54) is 18.7 Å². The van der Waals surface area contributed by atoms with Gasteiger partial charge >= 0.3 is 0 Å². The van der Waals surface area contributed by atoms with Gasteiger partial charge in [-0.3, -0.25) is 14.2 Å². The second-order valence-corrected chi connectivity index (χ2v) is 8.61. The smallest absolute Gasteiger partial charge is 0.234 e. The van der Waals surface area contributed by atoms with Crippen molar-refractivity contribution in [1.82, 2.24) is 14.8 Å². The minimum Gasteiger partial charge on any atom is -0.482 e. The Morgan fingerprint density at radius 2 is 1.91 bits per heavy atom. The Hall–Kier alpha value is -3.39. The average molecular weight is 465 g/mol. The van der Waals surface area contributed by atoms with Gasteiger partial charge in [0.15, 0.2) is 22.9 Å². The second kappa shape index (κ2) is 11.0. The number of carbonyl (C=O) groups excluding carboxylic acids is 2. The predicted molar refractivity (Wildman–Crippen MR) is 131 cm³/mol. The predicted octanol–water partition coefficient (Wildman–Crippen LogP) is 5.15. The highest BCUT2D eigenvalue weighted by atomic mass is 32.2. The zero-order valence-electron chi connectivity index (χ0n) is 19.3. The van der Waals surface area contributed by atoms with E-state index in [-0.39, 0.29) is 23.5 Å². The van der Waals surface area contributed by atoms with E-state index in [0.717, 1.165) is 16.9 Å². The summed E-state index contributed by atoms with van der Waals surface area (Å²) >= 11 is 1.29. The standard InChI is InChI=1S/C25H28N4O3S/c1-6-14-29-24(19(5)32-22-9-7-8-16(2)17(22)3)27-28-25(29)33-15-23(31)26-21-12-10-20(11-13-21)18(4)30/h6-13,19H,1,14-15H2,2-5H3,(H,26,31). The first-order chi connectivity index (χ1) is 15.8. The van der Waals surface area contributed by atoms with Crippen molar-refractivity contribution >= 4 is 29.1 Å². The van der Waals surface area contributed by atoms with Gasteiger partial charge in [-0.2, -0.15) is 0 Å². The van der Waals surface area contributed by atoms with Crippen LogP contribution in [-0.4, -0.2) is 32.2 Å². The second-order valence-electron chi connectivity index (χ2n) is 7.67. The van der Waals surface area contributed by atoms with Crippen LogP contribution in [-0.2, 0) is 11.3 Å². The molecule has 0 bridgehead atoms. The van der Waals surface area contributed by atoms with Crippen molar-refractivity contribution in [3.05, 3.63) is 77.6 Å². The van der Waals surface area contributed by atoms with Gasteiger partial charge in [-0.25, -0.2) is 0 Å². The molecule has 1 amide bonds. The Balaban J connectivity index is 1.67. The van der Waals surface area contributed by atoms with E-state index in [1.54, 1.807) is 30.3 Å². The van der Waals surface area contributed by atoms with Crippen LogP contribution in [0.25, 0.3) is 0 Å². The summed E-state index contributed by atoms with van der Waals surface area (Å²) in [5.41, 5.74) is 3.48. The fourth-order valence-corrected chi connectivity index (χ4v) is 3.97. The third kappa shape index (κ3) is 6.10. The largest absolute Gasteiger partial charge is 0.482 e. The van der Waals surface area contributed by atoms with Gasteiger partial charge in [-0.15, -0.1) is 16.8 Å². The topological polar surface area (TPSA) is 86.1 Å². The summed E-state index contributed by atoms with van der Waals surface area (Å²) in [5.74, 6) is 1.44. The van der Waals surface area contributed by atoms with Crippen LogP contribution in [0.3, 0.4) is 0 Å². The molecule has 0 radical (unpaired) electrons. The third-order valence-electron chi connectivity index (χ3n) is 5.19. The Morgan fingerprint density at radius 3 is 2.58 bits per heavy atom. The maximum Gasteiger partial charge on any atom is 0.234 e. The molecule has 172 valence electrons. The van der Waals surface area contributed by atoms with Gasteiger partial charge in [0.1, 0.15) is 5.75 Å². The maximum atomic E-state index is 12.4. The number of rotatable bonds is 10. The van der Waals surface area contributed by atoms with Gasteiger partial charge in [0.05, 0.1) is 5.75 Å². The molecular weight excluding hydrogens is 436 g/mol. The molecule has 0 aliphatic heterocycles. The first kappa shape index (κ1) is 24.3. The van der Waals surface area contributed by atoms with Gasteiger partial charge in [-0.05, 0) is 69.2 Å². The summed E-state index contributed by atoms with van der Waals surface area (Å²) in [6.45, 7) is 11.8. The van der Waals surface area contributed by atoms with E-state index < -0.39 is 0 Å². The van der Waals surface area contributed by atoms with Crippen molar-refractivity contribution in [1.29, 1.82) is 0 Å². The molecule has 33 heavy (non-hydrogen) atoms. The van der Waals surface area contributed by atoms with E-state index in [1.807, 2.05) is 43.5 Å². The molecule has 0 aliphatic carbocycles. The molecule has 1 aromatic heterocycles. The molecule has 2 aromatic carbocycles. The van der Waals surface area contributed by atoms with Gasteiger partial charge in [0, 0.05) is 17.8 Å². The number of ether oxygens (including phenoxy) is 1. The fourth-order valence-electron chi connectivity index (χ4n) is 3.22. The molecule has 3 aromatic rings. The molecule has 8 heteroatoms. The van der Waals surface area contributed by atoms with E-state index in [2.05, 4.69) is 22.1 Å². The summed E-state index contributed by atoms with van der Waals surface area (Å²) in [7, 11) is 0. The van der Waals surface area contributed by atoms with Gasteiger partial charge in [0.25, 0.3) is 0 Å². The van der Waals surface area contributed by atoms with Gasteiger partial charge in [0.2, 0.25) is 5.91 Å². The number of aromatic nitrogens is 3. The molecule has 1 unspecified atom stereocenters. The first-order valence-electron chi connectivity index (χ1n) is 10.6. The van der Waals surface area contributed by atoms with Crippen LogP contribution in [0, 0.1) is 13.8 Å². The molecule has 0 saturated carbocycles. The highest BCUT2D eigenvalue weighted by Crippen LogP contribution is 2.28. The minimum absolute atomic E-state index is 0.0171. The van der Waals surface area contributed by atoms with Gasteiger partial charge < -0.3 is 10.1 Å². The van der Waals surface area contributed by atoms with E-state index in [9.17, 15) is 9.59 Å². The molecule has 7 nitrogen and oxygen atoms in total. The van der Waals surface area contributed by atoms with Crippen LogP contribution in [0.5, 0.6) is 5.75 Å². The Labute approximate surface area is 198 Å². The molecule has 0 aliphatic rings.